The normalized spacial score (nSPS) is 30.4. The molecule has 0 heterocycles. The minimum Gasteiger partial charge on any atom is -0.469 e. The fourth-order valence-corrected chi connectivity index (χ4v) is 2.36. The quantitative estimate of drug-likeness (QED) is 0.635. The van der Waals surface area contributed by atoms with Gasteiger partial charge in [-0.2, -0.15) is 0 Å². The molecule has 1 fully saturated rings. The standard InChI is InChI=1S/C11H18O3/c1-7-8(5-10(13)14-4)11(2,3)6-9(7)12/h7-8H,5-6H2,1-4H3. The van der Waals surface area contributed by atoms with Crippen LogP contribution in [0, 0.1) is 17.3 Å². The highest BCUT2D eigenvalue weighted by atomic mass is 16.5. The molecule has 3 heteroatoms. The lowest BCUT2D eigenvalue weighted by atomic mass is 9.77. The molecule has 1 rings (SSSR count). The zero-order valence-electron chi connectivity index (χ0n) is 9.29. The van der Waals surface area contributed by atoms with Gasteiger partial charge in [0.15, 0.2) is 0 Å². The molecule has 0 bridgehead atoms. The van der Waals surface area contributed by atoms with Crippen LogP contribution in [0.5, 0.6) is 0 Å². The maximum atomic E-state index is 11.5. The highest BCUT2D eigenvalue weighted by Gasteiger charge is 2.45. The molecule has 0 aromatic carbocycles. The molecule has 1 aliphatic rings. The average Bonchev–Trinajstić information content (AvgIpc) is 2.27. The summed E-state index contributed by atoms with van der Waals surface area (Å²) < 4.78 is 4.64. The highest BCUT2D eigenvalue weighted by molar-refractivity contribution is 5.85. The van der Waals surface area contributed by atoms with Crippen LogP contribution in [0.2, 0.25) is 0 Å². The van der Waals surface area contributed by atoms with Crippen LogP contribution in [-0.4, -0.2) is 18.9 Å². The zero-order chi connectivity index (χ0) is 10.9. The first-order valence-corrected chi connectivity index (χ1v) is 4.98. The maximum Gasteiger partial charge on any atom is 0.305 e. The Kier molecular flexibility index (Phi) is 2.98. The Morgan fingerprint density at radius 3 is 2.50 bits per heavy atom. The first-order valence-electron chi connectivity index (χ1n) is 4.98. The Labute approximate surface area is 84.8 Å². The average molecular weight is 198 g/mol. The summed E-state index contributed by atoms with van der Waals surface area (Å²) in [6, 6.07) is 0. The summed E-state index contributed by atoms with van der Waals surface area (Å²) in [5.41, 5.74) is -0.0648. The second-order valence-corrected chi connectivity index (χ2v) is 4.81. The van der Waals surface area contributed by atoms with Crippen LogP contribution in [0.3, 0.4) is 0 Å². The van der Waals surface area contributed by atoms with Crippen molar-refractivity contribution in [3.8, 4) is 0 Å². The van der Waals surface area contributed by atoms with Gasteiger partial charge in [0.1, 0.15) is 5.78 Å². The van der Waals surface area contributed by atoms with Gasteiger partial charge in [0.2, 0.25) is 0 Å². The minimum atomic E-state index is -0.218. The minimum absolute atomic E-state index is 0.0101. The molecule has 2 atom stereocenters. The third-order valence-electron chi connectivity index (χ3n) is 3.36. The van der Waals surface area contributed by atoms with E-state index in [0.29, 0.717) is 12.8 Å². The monoisotopic (exact) mass is 198 g/mol. The molecule has 0 aromatic heterocycles. The fraction of sp³-hybridized carbons (Fsp3) is 0.818. The van der Waals surface area contributed by atoms with Crippen LogP contribution in [-0.2, 0) is 14.3 Å². The number of methoxy groups -OCH3 is 1. The predicted octanol–water partition coefficient (Wildman–Crippen LogP) is 1.80. The van der Waals surface area contributed by atoms with E-state index in [1.165, 1.54) is 7.11 Å². The molecule has 0 aliphatic heterocycles. The topological polar surface area (TPSA) is 43.4 Å². The Balaban J connectivity index is 2.75. The Bertz CT molecular complexity index is 255. The zero-order valence-corrected chi connectivity index (χ0v) is 9.29. The van der Waals surface area contributed by atoms with Crippen molar-refractivity contribution in [3.05, 3.63) is 0 Å². The highest BCUT2D eigenvalue weighted by Crippen LogP contribution is 2.45. The van der Waals surface area contributed by atoms with Crippen molar-refractivity contribution in [1.82, 2.24) is 0 Å². The van der Waals surface area contributed by atoms with E-state index in [1.807, 2.05) is 20.8 Å². The van der Waals surface area contributed by atoms with Gasteiger partial charge in [0, 0.05) is 18.8 Å². The summed E-state index contributed by atoms with van der Waals surface area (Å²) in [4.78, 5) is 22.7. The van der Waals surface area contributed by atoms with Crippen LogP contribution in [0.15, 0.2) is 0 Å². The number of ether oxygens (including phenoxy) is 1. The van der Waals surface area contributed by atoms with E-state index in [4.69, 9.17) is 0 Å². The summed E-state index contributed by atoms with van der Waals surface area (Å²) in [6.07, 6.45) is 0.937. The summed E-state index contributed by atoms with van der Waals surface area (Å²) in [7, 11) is 1.39. The second-order valence-electron chi connectivity index (χ2n) is 4.81. The molecule has 1 aliphatic carbocycles. The maximum absolute atomic E-state index is 11.5. The first kappa shape index (κ1) is 11.2. The van der Waals surface area contributed by atoms with E-state index in [1.54, 1.807) is 0 Å². The van der Waals surface area contributed by atoms with Gasteiger partial charge in [-0.1, -0.05) is 20.8 Å². The van der Waals surface area contributed by atoms with Gasteiger partial charge in [-0.3, -0.25) is 9.59 Å². The van der Waals surface area contributed by atoms with Crippen molar-refractivity contribution in [2.45, 2.75) is 33.6 Å². The second kappa shape index (κ2) is 3.71. The van der Waals surface area contributed by atoms with Crippen LogP contribution in [0.25, 0.3) is 0 Å². The number of esters is 1. The van der Waals surface area contributed by atoms with Gasteiger partial charge in [0.05, 0.1) is 7.11 Å². The van der Waals surface area contributed by atoms with Gasteiger partial charge in [-0.25, -0.2) is 0 Å². The SMILES string of the molecule is COC(=O)CC1C(C)C(=O)CC1(C)C. The van der Waals surface area contributed by atoms with Gasteiger partial charge in [-0.05, 0) is 11.3 Å². The van der Waals surface area contributed by atoms with Gasteiger partial charge in [-0.15, -0.1) is 0 Å². The number of rotatable bonds is 2. The van der Waals surface area contributed by atoms with Crippen LogP contribution in [0.1, 0.15) is 33.6 Å². The van der Waals surface area contributed by atoms with Crippen molar-refractivity contribution < 1.29 is 14.3 Å². The summed E-state index contributed by atoms with van der Waals surface area (Å²) in [5, 5.41) is 0. The van der Waals surface area contributed by atoms with Crippen LogP contribution >= 0.6 is 0 Å². The Morgan fingerprint density at radius 2 is 2.14 bits per heavy atom. The van der Waals surface area contributed by atoms with Crippen LogP contribution < -0.4 is 0 Å². The van der Waals surface area contributed by atoms with Gasteiger partial charge >= 0.3 is 5.97 Å². The van der Waals surface area contributed by atoms with Crippen molar-refractivity contribution >= 4 is 11.8 Å². The third kappa shape index (κ3) is 1.97. The van der Waals surface area contributed by atoms with Crippen molar-refractivity contribution in [3.63, 3.8) is 0 Å². The molecule has 0 saturated heterocycles. The third-order valence-corrected chi connectivity index (χ3v) is 3.36. The molecule has 2 unspecified atom stereocenters. The van der Waals surface area contributed by atoms with Gasteiger partial charge < -0.3 is 4.74 Å². The number of carbonyl (C=O) groups is 2. The molecule has 14 heavy (non-hydrogen) atoms. The molecule has 1 saturated carbocycles. The van der Waals surface area contributed by atoms with E-state index in [-0.39, 0.29) is 29.0 Å². The largest absolute Gasteiger partial charge is 0.469 e. The molecule has 0 radical (unpaired) electrons. The molecule has 0 N–H and O–H groups in total. The van der Waals surface area contributed by atoms with E-state index in [0.717, 1.165) is 0 Å². The number of hydrogen-bond donors (Lipinski definition) is 0. The molecular formula is C11H18O3. The Hall–Kier alpha value is -0.860. The number of hydrogen-bond acceptors (Lipinski definition) is 3. The lowest BCUT2D eigenvalue weighted by Gasteiger charge is -2.27. The molecule has 0 aromatic rings. The lowest BCUT2D eigenvalue weighted by molar-refractivity contribution is -0.142. The van der Waals surface area contributed by atoms with E-state index < -0.39 is 0 Å². The molecule has 0 amide bonds. The van der Waals surface area contributed by atoms with E-state index >= 15 is 0 Å². The smallest absolute Gasteiger partial charge is 0.305 e. The van der Waals surface area contributed by atoms with Gasteiger partial charge in [0.25, 0.3) is 0 Å². The molecule has 0 spiro atoms. The Morgan fingerprint density at radius 1 is 1.57 bits per heavy atom. The predicted molar refractivity (Wildman–Crippen MR) is 52.7 cm³/mol. The summed E-state index contributed by atoms with van der Waals surface area (Å²) >= 11 is 0. The van der Waals surface area contributed by atoms with Crippen molar-refractivity contribution in [2.24, 2.45) is 17.3 Å². The molecular weight excluding hydrogens is 180 g/mol. The van der Waals surface area contributed by atoms with Crippen molar-refractivity contribution in [1.29, 1.82) is 0 Å². The summed E-state index contributed by atoms with van der Waals surface area (Å²) in [5.74, 6) is 0.167. The van der Waals surface area contributed by atoms with E-state index in [2.05, 4.69) is 4.74 Å². The number of carbonyl (C=O) groups excluding carboxylic acids is 2. The summed E-state index contributed by atoms with van der Waals surface area (Å²) in [6.45, 7) is 5.99. The number of ketones is 1. The van der Waals surface area contributed by atoms with Crippen LogP contribution in [0.4, 0.5) is 0 Å². The molecule has 3 nitrogen and oxygen atoms in total. The fourth-order valence-electron chi connectivity index (χ4n) is 2.36. The number of Topliss-reactive ketones (excluding diaryl/α,β-unsaturated/α-hetero) is 1. The van der Waals surface area contributed by atoms with Crippen molar-refractivity contribution in [2.75, 3.05) is 7.11 Å². The first-order chi connectivity index (χ1) is 6.38. The molecule has 80 valence electrons. The van der Waals surface area contributed by atoms with E-state index in [9.17, 15) is 9.59 Å². The lowest BCUT2D eigenvalue weighted by Crippen LogP contribution is -2.24.